The molecular weight excluding hydrogens is 911 g/mol. The molecule has 5 aromatic carbocycles. The zero-order valence-corrected chi connectivity index (χ0v) is 41.5. The van der Waals surface area contributed by atoms with E-state index in [1.54, 1.807) is 0 Å². The van der Waals surface area contributed by atoms with Gasteiger partial charge in [0.05, 0.1) is 33.0 Å². The highest BCUT2D eigenvalue weighted by Gasteiger charge is 2.55. The van der Waals surface area contributed by atoms with Crippen LogP contribution in [0.2, 0.25) is 5.04 Å². The van der Waals surface area contributed by atoms with E-state index in [0.29, 0.717) is 0 Å². The summed E-state index contributed by atoms with van der Waals surface area (Å²) < 4.78 is 65.5. The number of hydrogen-bond donors (Lipinski definition) is 0. The molecule has 0 aliphatic carbocycles. The summed E-state index contributed by atoms with van der Waals surface area (Å²) in [5.41, 5.74) is 12.8. The van der Waals surface area contributed by atoms with Crippen LogP contribution in [0.15, 0.2) is 157 Å². The molecule has 0 amide bonds. The van der Waals surface area contributed by atoms with E-state index in [4.69, 9.17) is 47.1 Å². The molecule has 10 atom stereocenters. The lowest BCUT2D eigenvalue weighted by Gasteiger charge is -2.48. The van der Waals surface area contributed by atoms with Gasteiger partial charge in [0.2, 0.25) is 0 Å². The number of methoxy groups -OCH3 is 1. The molecule has 2 aliphatic heterocycles. The Morgan fingerprint density at radius 1 is 0.557 bits per heavy atom. The maximum absolute atomic E-state index is 12.9. The highest BCUT2D eigenvalue weighted by atomic mass is 28.4. The molecule has 0 radical (unpaired) electrons. The first kappa shape index (κ1) is 52.1. The third-order valence-corrected chi connectivity index (χ3v) is 17.4. The van der Waals surface area contributed by atoms with E-state index < -0.39 is 86.6 Å². The van der Waals surface area contributed by atoms with Crippen molar-refractivity contribution in [1.29, 1.82) is 0 Å². The molecule has 16 heteroatoms. The molecule has 70 heavy (non-hydrogen) atoms. The normalized spacial score (nSPS) is 24.8. The van der Waals surface area contributed by atoms with Crippen LogP contribution in [-0.2, 0) is 76.5 Å². The van der Waals surface area contributed by atoms with Crippen molar-refractivity contribution in [3.8, 4) is 0 Å². The molecule has 5 aromatic rings. The minimum absolute atomic E-state index is 0.143. The molecule has 0 spiro atoms. The first-order valence-corrected chi connectivity index (χ1v) is 25.4. The monoisotopic (exact) mass is 973 g/mol. The Labute approximate surface area is 411 Å². The fraction of sp³-hybridized carbons (Fsp3) is 0.407. The first-order valence-electron chi connectivity index (χ1n) is 23.5. The summed E-state index contributed by atoms with van der Waals surface area (Å²) in [6.45, 7) is 9.12. The fourth-order valence-electron chi connectivity index (χ4n) is 9.23. The van der Waals surface area contributed by atoms with E-state index in [1.807, 2.05) is 127 Å². The second-order valence-electron chi connectivity index (χ2n) is 18.3. The van der Waals surface area contributed by atoms with Gasteiger partial charge in [0.25, 0.3) is 8.32 Å². The van der Waals surface area contributed by atoms with Gasteiger partial charge in [-0.2, -0.15) is 0 Å². The summed E-state index contributed by atoms with van der Waals surface area (Å²) in [4.78, 5) is 29.0. The van der Waals surface area contributed by atoms with Crippen molar-refractivity contribution in [2.75, 3.05) is 20.3 Å². The number of hydrogen-bond acceptors (Lipinski definition) is 13. The highest BCUT2D eigenvalue weighted by molar-refractivity contribution is 6.99. The van der Waals surface area contributed by atoms with Crippen molar-refractivity contribution in [3.63, 3.8) is 0 Å². The number of nitrogens with zero attached hydrogens (tertiary/aromatic N) is 3. The predicted molar refractivity (Wildman–Crippen MR) is 263 cm³/mol. The molecule has 0 aromatic heterocycles. The van der Waals surface area contributed by atoms with Crippen LogP contribution in [0.4, 0.5) is 0 Å². The van der Waals surface area contributed by atoms with Gasteiger partial charge in [0.1, 0.15) is 36.6 Å². The molecule has 2 fully saturated rings. The van der Waals surface area contributed by atoms with Gasteiger partial charge < -0.3 is 47.1 Å². The molecule has 7 rings (SSSR count). The van der Waals surface area contributed by atoms with E-state index in [0.717, 1.165) is 27.1 Å². The van der Waals surface area contributed by atoms with Crippen LogP contribution in [0.5, 0.6) is 0 Å². The van der Waals surface area contributed by atoms with E-state index in [9.17, 15) is 15.1 Å². The standard InChI is InChI=1S/C54H63N3O12Si/c1-37(58)66-48-45(36-65-70(54(3,4)5,42-28-18-10-19-29-42)43-30-20-11-21-31-43)68-52(46(56-57-55)49(48)67-38(2)59)64-35-44-47(61-32-39-22-12-7-13-23-39)50(62-33-40-24-14-8-15-25-40)51(53(60-6)69-44)63-34-41-26-16-9-17-27-41/h7-31,44-53H,32-36H2,1-6H3/t44-,45-,46-,47-,48+,49-,50+,51-,52+,53+/m1/s1. The molecule has 0 saturated carbocycles. The maximum atomic E-state index is 12.9. The Morgan fingerprint density at radius 3 is 1.41 bits per heavy atom. The van der Waals surface area contributed by atoms with Crippen LogP contribution in [0, 0.1) is 0 Å². The molecule has 2 heterocycles. The summed E-state index contributed by atoms with van der Waals surface area (Å²) in [7, 11) is -1.69. The number of carbonyl (C=O) groups excluding carboxylic acids is 2. The lowest BCUT2D eigenvalue weighted by atomic mass is 9.96. The van der Waals surface area contributed by atoms with E-state index in [1.165, 1.54) is 21.0 Å². The molecule has 15 nitrogen and oxygen atoms in total. The van der Waals surface area contributed by atoms with Crippen molar-refractivity contribution in [1.82, 2.24) is 0 Å². The molecule has 0 unspecified atom stereocenters. The van der Waals surface area contributed by atoms with Gasteiger partial charge in [0.15, 0.2) is 24.8 Å². The smallest absolute Gasteiger partial charge is 0.303 e. The van der Waals surface area contributed by atoms with Crippen LogP contribution in [-0.4, -0.2) is 102 Å². The fourth-order valence-corrected chi connectivity index (χ4v) is 13.8. The Bertz CT molecular complexity index is 2390. The Kier molecular flexibility index (Phi) is 18.5. The lowest BCUT2D eigenvalue weighted by molar-refractivity contribution is -0.334. The van der Waals surface area contributed by atoms with E-state index in [-0.39, 0.29) is 33.0 Å². The van der Waals surface area contributed by atoms with Crippen molar-refractivity contribution < 1.29 is 56.6 Å². The minimum atomic E-state index is -3.22. The van der Waals surface area contributed by atoms with Gasteiger partial charge in [-0.3, -0.25) is 9.59 Å². The quantitative estimate of drug-likeness (QED) is 0.0228. The number of rotatable bonds is 21. The minimum Gasteiger partial charge on any atom is -0.458 e. The summed E-state index contributed by atoms with van der Waals surface area (Å²) in [5, 5.41) is 5.63. The zero-order valence-electron chi connectivity index (χ0n) is 40.5. The average Bonchev–Trinajstić information content (AvgIpc) is 3.36. The molecule has 2 saturated heterocycles. The van der Waals surface area contributed by atoms with Crippen molar-refractivity contribution >= 4 is 30.6 Å². The lowest BCUT2D eigenvalue weighted by Crippen LogP contribution is -2.68. The summed E-state index contributed by atoms with van der Waals surface area (Å²) in [6, 6.07) is 47.9. The summed E-state index contributed by atoms with van der Waals surface area (Å²) in [6.07, 6.45) is -9.42. The molecule has 0 bridgehead atoms. The van der Waals surface area contributed by atoms with Gasteiger partial charge >= 0.3 is 11.9 Å². The number of ether oxygens (including phenoxy) is 9. The molecule has 370 valence electrons. The third kappa shape index (κ3) is 13.0. The van der Waals surface area contributed by atoms with Crippen molar-refractivity contribution in [2.45, 2.75) is 121 Å². The second-order valence-corrected chi connectivity index (χ2v) is 22.6. The highest BCUT2D eigenvalue weighted by Crippen LogP contribution is 2.39. The van der Waals surface area contributed by atoms with Gasteiger partial charge in [-0.05, 0) is 37.6 Å². The molecule has 0 N–H and O–H groups in total. The number of azide groups is 1. The van der Waals surface area contributed by atoms with E-state index in [2.05, 4.69) is 55.1 Å². The SMILES string of the molecule is CO[C@H]1O[C@H](CO[C@H]2O[C@H](CO[Si](c3ccccc3)(c3ccccc3)C(C)(C)C)[C@H](OC(C)=O)[C@H](OC(C)=O)[C@H]2N=[N+]=[N-])[C@@H](OCc2ccccc2)[C@H](OCc2ccccc2)[C@H]1OCc1ccccc1. The van der Waals surface area contributed by atoms with Crippen LogP contribution in [0.3, 0.4) is 0 Å². The summed E-state index contributed by atoms with van der Waals surface area (Å²) >= 11 is 0. The van der Waals surface area contributed by atoms with Crippen molar-refractivity contribution in [3.05, 3.63) is 179 Å². The first-order chi connectivity index (χ1) is 33.9. The van der Waals surface area contributed by atoms with Crippen LogP contribution >= 0.6 is 0 Å². The molecular formula is C54H63N3O12Si. The Morgan fingerprint density at radius 2 is 0.971 bits per heavy atom. The van der Waals surface area contributed by atoms with Crippen LogP contribution in [0.1, 0.15) is 51.3 Å². The zero-order chi connectivity index (χ0) is 49.5. The molecule has 2 aliphatic rings. The van der Waals surface area contributed by atoms with Gasteiger partial charge in [0, 0.05) is 25.9 Å². The van der Waals surface area contributed by atoms with Crippen LogP contribution in [0.25, 0.3) is 10.4 Å². The van der Waals surface area contributed by atoms with Gasteiger partial charge in [-0.1, -0.05) is 178 Å². The number of carbonyl (C=O) groups is 2. The Balaban J connectivity index is 1.24. The number of esters is 2. The van der Waals surface area contributed by atoms with Crippen LogP contribution < -0.4 is 10.4 Å². The summed E-state index contributed by atoms with van der Waals surface area (Å²) in [5.74, 6) is -1.38. The topological polar surface area (TPSA) is 175 Å². The van der Waals surface area contributed by atoms with Gasteiger partial charge in [-0.15, -0.1) is 0 Å². The average molecular weight is 974 g/mol. The van der Waals surface area contributed by atoms with Gasteiger partial charge in [-0.25, -0.2) is 0 Å². The predicted octanol–water partition coefficient (Wildman–Crippen LogP) is 7.97. The Hall–Kier alpha value is -5.75. The van der Waals surface area contributed by atoms with E-state index >= 15 is 0 Å². The third-order valence-electron chi connectivity index (χ3n) is 12.4. The number of benzene rings is 5. The maximum Gasteiger partial charge on any atom is 0.303 e. The van der Waals surface area contributed by atoms with Crippen molar-refractivity contribution in [2.24, 2.45) is 5.11 Å². The second kappa shape index (κ2) is 24.9. The largest absolute Gasteiger partial charge is 0.458 e.